The number of benzene rings is 2. The van der Waals surface area contributed by atoms with Crippen LogP contribution in [0, 0.1) is 5.82 Å². The summed E-state index contributed by atoms with van der Waals surface area (Å²) in [6.07, 6.45) is 4.43. The van der Waals surface area contributed by atoms with Crippen molar-refractivity contribution in [3.05, 3.63) is 126 Å². The summed E-state index contributed by atoms with van der Waals surface area (Å²) in [5.74, 6) is -0.267. The van der Waals surface area contributed by atoms with Crippen LogP contribution in [0.15, 0.2) is 76.4 Å². The van der Waals surface area contributed by atoms with E-state index in [0.717, 1.165) is 0 Å². The number of halogens is 1. The van der Waals surface area contributed by atoms with Crippen LogP contribution in [0.3, 0.4) is 0 Å². The summed E-state index contributed by atoms with van der Waals surface area (Å²) < 4.78 is 18.3. The molecular weight excluding hydrogens is 425 g/mol. The molecule has 4 rings (SSSR count). The number of nitrogens with one attached hydrogen (secondary N) is 2. The van der Waals surface area contributed by atoms with E-state index in [0.29, 0.717) is 28.1 Å². The maximum absolute atomic E-state index is 13.1. The monoisotopic (exact) mass is 443 g/mol. The molecule has 0 aliphatic carbocycles. The normalized spacial score (nSPS) is 12.1. The van der Waals surface area contributed by atoms with E-state index >= 15 is 0 Å². The van der Waals surface area contributed by atoms with Crippen molar-refractivity contribution < 1.29 is 13.9 Å². The summed E-state index contributed by atoms with van der Waals surface area (Å²) in [7, 11) is 1.48. The van der Waals surface area contributed by atoms with Crippen LogP contribution in [-0.2, 0) is 0 Å². The number of carbonyl (C=O) groups is 1. The summed E-state index contributed by atoms with van der Waals surface area (Å²) in [5, 5.41) is 0.0471. The van der Waals surface area contributed by atoms with Crippen molar-refractivity contribution in [2.45, 2.75) is 0 Å². The maximum Gasteiger partial charge on any atom is 0.272 e. The first-order valence-electron chi connectivity index (χ1n) is 9.90. The van der Waals surface area contributed by atoms with Crippen LogP contribution >= 0.6 is 0 Å². The first-order chi connectivity index (χ1) is 15.9. The maximum atomic E-state index is 13.1. The number of rotatable bonds is 5. The highest BCUT2D eigenvalue weighted by Gasteiger charge is 2.09. The molecule has 2 aromatic heterocycles. The van der Waals surface area contributed by atoms with Gasteiger partial charge < -0.3 is 14.7 Å². The van der Waals surface area contributed by atoms with E-state index in [4.69, 9.17) is 4.74 Å². The van der Waals surface area contributed by atoms with Crippen LogP contribution in [-0.4, -0.2) is 27.8 Å². The molecule has 7 nitrogen and oxygen atoms in total. The Balaban J connectivity index is 1.73. The minimum atomic E-state index is -0.522. The molecule has 0 unspecified atom stereocenters. The zero-order chi connectivity index (χ0) is 23.4. The van der Waals surface area contributed by atoms with Crippen LogP contribution in [0.25, 0.3) is 12.2 Å². The Labute approximate surface area is 186 Å². The molecule has 0 amide bonds. The molecule has 33 heavy (non-hydrogen) atoms. The van der Waals surface area contributed by atoms with Gasteiger partial charge in [-0.3, -0.25) is 19.4 Å². The fourth-order valence-electron chi connectivity index (χ4n) is 3.22. The van der Waals surface area contributed by atoms with Crippen LogP contribution < -0.4 is 26.6 Å². The van der Waals surface area contributed by atoms with Crippen molar-refractivity contribution in [3.8, 4) is 5.75 Å². The van der Waals surface area contributed by atoms with Crippen molar-refractivity contribution in [1.82, 2.24) is 15.0 Å². The molecule has 2 aromatic carbocycles. The van der Waals surface area contributed by atoms with Crippen molar-refractivity contribution in [2.75, 3.05) is 7.11 Å². The molecule has 0 spiro atoms. The van der Waals surface area contributed by atoms with Gasteiger partial charge in [-0.25, -0.2) is 4.39 Å². The SMILES string of the molecule is COc1cccnc1C=c1[nH]c(=O)c(=Cc2cccc(C(=O)c3ccc(F)cc3)c2)[nH]c1=O. The molecule has 8 heteroatoms. The van der Waals surface area contributed by atoms with Crippen molar-refractivity contribution in [1.29, 1.82) is 0 Å². The smallest absolute Gasteiger partial charge is 0.272 e. The van der Waals surface area contributed by atoms with Gasteiger partial charge in [-0.05, 0) is 60.2 Å². The van der Waals surface area contributed by atoms with Gasteiger partial charge in [-0.2, -0.15) is 0 Å². The molecule has 2 N–H and O–H groups in total. The number of ketones is 1. The van der Waals surface area contributed by atoms with Gasteiger partial charge in [-0.15, -0.1) is 0 Å². The number of pyridine rings is 1. The summed E-state index contributed by atoms with van der Waals surface area (Å²) in [6, 6.07) is 15.2. The Morgan fingerprint density at radius 3 is 2.30 bits per heavy atom. The Bertz CT molecular complexity index is 1570. The Morgan fingerprint density at radius 1 is 0.909 bits per heavy atom. The number of ether oxygens (including phenoxy) is 1. The van der Waals surface area contributed by atoms with E-state index in [1.165, 1.54) is 43.5 Å². The van der Waals surface area contributed by atoms with Crippen LogP contribution in [0.2, 0.25) is 0 Å². The van der Waals surface area contributed by atoms with Gasteiger partial charge in [-0.1, -0.05) is 18.2 Å². The predicted octanol–water partition coefficient (Wildman–Crippen LogP) is 1.49. The molecule has 0 fully saturated rings. The third kappa shape index (κ3) is 4.85. The molecular formula is C25H18FN3O4. The van der Waals surface area contributed by atoms with Crippen LogP contribution in [0.4, 0.5) is 4.39 Å². The van der Waals surface area contributed by atoms with E-state index in [-0.39, 0.29) is 16.5 Å². The molecule has 164 valence electrons. The molecule has 0 aliphatic rings. The van der Waals surface area contributed by atoms with Gasteiger partial charge in [0, 0.05) is 17.3 Å². The molecule has 0 radical (unpaired) electrons. The fourth-order valence-corrected chi connectivity index (χ4v) is 3.22. The third-order valence-corrected chi connectivity index (χ3v) is 4.85. The highest BCUT2D eigenvalue weighted by molar-refractivity contribution is 6.09. The number of carbonyl (C=O) groups excluding carboxylic acids is 1. The number of methoxy groups -OCH3 is 1. The molecule has 2 heterocycles. The number of nitrogens with zero attached hydrogens (tertiary/aromatic N) is 1. The molecule has 0 saturated heterocycles. The number of hydrogen-bond donors (Lipinski definition) is 2. The topological polar surface area (TPSA) is 105 Å². The highest BCUT2D eigenvalue weighted by Crippen LogP contribution is 2.14. The van der Waals surface area contributed by atoms with Crippen LogP contribution in [0.1, 0.15) is 27.2 Å². The third-order valence-electron chi connectivity index (χ3n) is 4.85. The van der Waals surface area contributed by atoms with Gasteiger partial charge in [0.15, 0.2) is 5.78 Å². The number of H-pyrrole nitrogens is 2. The molecule has 0 atom stereocenters. The Kier molecular flexibility index (Phi) is 6.08. The lowest BCUT2D eigenvalue weighted by molar-refractivity contribution is 0.103. The van der Waals surface area contributed by atoms with E-state index < -0.39 is 16.9 Å². The zero-order valence-corrected chi connectivity index (χ0v) is 17.5. The predicted molar refractivity (Wildman–Crippen MR) is 121 cm³/mol. The van der Waals surface area contributed by atoms with E-state index in [9.17, 15) is 18.8 Å². The van der Waals surface area contributed by atoms with Crippen LogP contribution in [0.5, 0.6) is 5.75 Å². The fraction of sp³-hybridized carbons (Fsp3) is 0.0400. The quantitative estimate of drug-likeness (QED) is 0.455. The molecule has 0 saturated carbocycles. The Morgan fingerprint density at radius 2 is 1.61 bits per heavy atom. The Hall–Kier alpha value is -4.59. The summed E-state index contributed by atoms with van der Waals surface area (Å²) in [5.41, 5.74) is 0.584. The molecule has 0 aliphatic heterocycles. The van der Waals surface area contributed by atoms with Gasteiger partial charge >= 0.3 is 0 Å². The van der Waals surface area contributed by atoms with Gasteiger partial charge in [0.25, 0.3) is 11.1 Å². The second kappa shape index (κ2) is 9.27. The standard InChI is InChI=1S/C25H18FN3O4/c1-33-22-6-3-11-27-19(22)14-21-25(32)28-20(24(31)29-21)13-15-4-2-5-17(12-15)23(30)16-7-9-18(26)10-8-16/h2-14H,1H3,(H,28,32)(H,29,31). The number of hydrogen-bond acceptors (Lipinski definition) is 5. The lowest BCUT2D eigenvalue weighted by Crippen LogP contribution is -2.46. The lowest BCUT2D eigenvalue weighted by atomic mass is 10.0. The lowest BCUT2D eigenvalue weighted by Gasteiger charge is -2.03. The first kappa shape index (κ1) is 21.6. The minimum Gasteiger partial charge on any atom is -0.494 e. The number of aromatic amines is 2. The summed E-state index contributed by atoms with van der Waals surface area (Å²) in [4.78, 5) is 47.0. The number of aromatic nitrogens is 3. The van der Waals surface area contributed by atoms with Crippen molar-refractivity contribution >= 4 is 17.9 Å². The highest BCUT2D eigenvalue weighted by atomic mass is 19.1. The van der Waals surface area contributed by atoms with Gasteiger partial charge in [0.05, 0.1) is 7.11 Å². The largest absolute Gasteiger partial charge is 0.494 e. The zero-order valence-electron chi connectivity index (χ0n) is 17.5. The van der Waals surface area contributed by atoms with Gasteiger partial charge in [0.1, 0.15) is 28.0 Å². The van der Waals surface area contributed by atoms with Crippen molar-refractivity contribution in [3.63, 3.8) is 0 Å². The summed E-state index contributed by atoms with van der Waals surface area (Å²) >= 11 is 0. The summed E-state index contributed by atoms with van der Waals surface area (Å²) in [6.45, 7) is 0. The first-order valence-corrected chi connectivity index (χ1v) is 9.90. The van der Waals surface area contributed by atoms with E-state index in [1.807, 2.05) is 0 Å². The van der Waals surface area contributed by atoms with Crippen molar-refractivity contribution in [2.24, 2.45) is 0 Å². The minimum absolute atomic E-state index is 0.0226. The second-order valence-electron chi connectivity index (χ2n) is 7.08. The van der Waals surface area contributed by atoms with E-state index in [1.54, 1.807) is 42.6 Å². The molecule has 0 bridgehead atoms. The average molecular weight is 443 g/mol. The second-order valence-corrected chi connectivity index (χ2v) is 7.08. The molecule has 4 aromatic rings. The van der Waals surface area contributed by atoms with E-state index in [2.05, 4.69) is 15.0 Å². The average Bonchev–Trinajstić information content (AvgIpc) is 2.83. The van der Waals surface area contributed by atoms with Gasteiger partial charge in [0.2, 0.25) is 0 Å².